The zero-order valence-corrected chi connectivity index (χ0v) is 12.5. The van der Waals surface area contributed by atoms with E-state index < -0.39 is 0 Å². The quantitative estimate of drug-likeness (QED) is 0.479. The van der Waals surface area contributed by atoms with E-state index in [9.17, 15) is 4.79 Å². The number of carbonyl (C=O) groups excluding carboxylic acids is 1. The molecule has 1 amide bonds. The first-order valence-electron chi connectivity index (χ1n) is 7.02. The van der Waals surface area contributed by atoms with Crippen molar-refractivity contribution in [2.75, 3.05) is 51.2 Å². The topological polar surface area (TPSA) is 82.8 Å². The Hall–Kier alpha value is -1.63. The highest BCUT2D eigenvalue weighted by Crippen LogP contribution is 2.11. The van der Waals surface area contributed by atoms with E-state index in [1.165, 1.54) is 0 Å². The van der Waals surface area contributed by atoms with E-state index in [-0.39, 0.29) is 5.91 Å². The van der Waals surface area contributed by atoms with Crippen molar-refractivity contribution in [2.24, 2.45) is 0 Å². The molecule has 0 unspecified atom stereocenters. The first kappa shape index (κ1) is 17.4. The molecule has 0 saturated carbocycles. The van der Waals surface area contributed by atoms with Crippen LogP contribution in [0.15, 0.2) is 24.3 Å². The van der Waals surface area contributed by atoms with Crippen molar-refractivity contribution in [1.82, 2.24) is 0 Å². The predicted molar refractivity (Wildman–Crippen MR) is 82.2 cm³/mol. The lowest BCUT2D eigenvalue weighted by molar-refractivity contribution is -0.117. The summed E-state index contributed by atoms with van der Waals surface area (Å²) in [5.41, 5.74) is 6.95. The molecule has 0 saturated heterocycles. The molecule has 6 heteroatoms. The molecule has 0 fully saturated rings. The Labute approximate surface area is 125 Å². The van der Waals surface area contributed by atoms with Gasteiger partial charge in [-0.3, -0.25) is 4.79 Å². The van der Waals surface area contributed by atoms with Gasteiger partial charge in [0.05, 0.1) is 26.2 Å². The summed E-state index contributed by atoms with van der Waals surface area (Å²) in [5.74, 6) is -0.0957. The van der Waals surface area contributed by atoms with Gasteiger partial charge in [-0.1, -0.05) is 6.07 Å². The van der Waals surface area contributed by atoms with Gasteiger partial charge in [-0.25, -0.2) is 0 Å². The third-order valence-corrected chi connectivity index (χ3v) is 2.65. The summed E-state index contributed by atoms with van der Waals surface area (Å²) in [5, 5.41) is 2.76. The summed E-state index contributed by atoms with van der Waals surface area (Å²) in [6, 6.07) is 7.07. The summed E-state index contributed by atoms with van der Waals surface area (Å²) >= 11 is 0. The highest BCUT2D eigenvalue weighted by Gasteiger charge is 2.02. The Morgan fingerprint density at radius 1 is 1.14 bits per heavy atom. The third-order valence-electron chi connectivity index (χ3n) is 2.65. The number of benzene rings is 1. The molecule has 1 aromatic rings. The molecule has 0 spiro atoms. The number of nitrogen functional groups attached to an aromatic ring is 1. The van der Waals surface area contributed by atoms with E-state index >= 15 is 0 Å². The second-order valence-electron chi connectivity index (χ2n) is 4.49. The van der Waals surface area contributed by atoms with Gasteiger partial charge in [0.1, 0.15) is 0 Å². The Bertz CT molecular complexity index is 412. The summed E-state index contributed by atoms with van der Waals surface area (Å²) < 4.78 is 15.6. The number of methoxy groups -OCH3 is 1. The lowest BCUT2D eigenvalue weighted by atomic mass is 10.3. The number of amides is 1. The summed E-state index contributed by atoms with van der Waals surface area (Å²) in [6.45, 7) is 2.74. The van der Waals surface area contributed by atoms with Crippen LogP contribution in [0, 0.1) is 0 Å². The van der Waals surface area contributed by atoms with Crippen LogP contribution in [0.3, 0.4) is 0 Å². The molecule has 0 radical (unpaired) electrons. The molecular weight excluding hydrogens is 272 g/mol. The second-order valence-corrected chi connectivity index (χ2v) is 4.49. The normalized spacial score (nSPS) is 10.5. The number of ether oxygens (including phenoxy) is 3. The average Bonchev–Trinajstić information content (AvgIpc) is 2.45. The first-order valence-corrected chi connectivity index (χ1v) is 7.02. The Balaban J connectivity index is 1.99. The highest BCUT2D eigenvalue weighted by molar-refractivity contribution is 5.91. The van der Waals surface area contributed by atoms with Crippen LogP contribution < -0.4 is 11.1 Å². The minimum Gasteiger partial charge on any atom is -0.399 e. The van der Waals surface area contributed by atoms with Gasteiger partial charge >= 0.3 is 0 Å². The van der Waals surface area contributed by atoms with Gasteiger partial charge in [-0.15, -0.1) is 0 Å². The van der Waals surface area contributed by atoms with Gasteiger partial charge in [-0.2, -0.15) is 0 Å². The zero-order chi connectivity index (χ0) is 15.3. The summed E-state index contributed by atoms with van der Waals surface area (Å²) in [6.07, 6.45) is 1.18. The fraction of sp³-hybridized carbons (Fsp3) is 0.533. The van der Waals surface area contributed by atoms with Crippen LogP contribution in [0.1, 0.15) is 12.8 Å². The zero-order valence-electron chi connectivity index (χ0n) is 12.5. The largest absolute Gasteiger partial charge is 0.399 e. The maximum Gasteiger partial charge on any atom is 0.226 e. The lowest BCUT2D eigenvalue weighted by Gasteiger charge is -2.07. The van der Waals surface area contributed by atoms with Gasteiger partial charge < -0.3 is 25.3 Å². The van der Waals surface area contributed by atoms with Crippen molar-refractivity contribution in [3.8, 4) is 0 Å². The van der Waals surface area contributed by atoms with Crippen LogP contribution in [0.4, 0.5) is 11.4 Å². The van der Waals surface area contributed by atoms with E-state index in [0.29, 0.717) is 50.8 Å². The lowest BCUT2D eigenvalue weighted by Crippen LogP contribution is -2.15. The summed E-state index contributed by atoms with van der Waals surface area (Å²) in [4.78, 5) is 11.7. The number of hydrogen-bond acceptors (Lipinski definition) is 5. The molecule has 0 bridgehead atoms. The van der Waals surface area contributed by atoms with Crippen LogP contribution in [-0.4, -0.2) is 46.1 Å². The minimum atomic E-state index is -0.0957. The predicted octanol–water partition coefficient (Wildman–Crippen LogP) is 1.67. The minimum absolute atomic E-state index is 0.0957. The van der Waals surface area contributed by atoms with Crippen molar-refractivity contribution in [3.05, 3.63) is 24.3 Å². The van der Waals surface area contributed by atoms with Gasteiger partial charge in [0.15, 0.2) is 0 Å². The molecule has 21 heavy (non-hydrogen) atoms. The van der Waals surface area contributed by atoms with E-state index in [2.05, 4.69) is 5.32 Å². The molecule has 1 aromatic carbocycles. The molecule has 0 aliphatic rings. The fourth-order valence-corrected chi connectivity index (χ4v) is 1.63. The Morgan fingerprint density at radius 2 is 1.90 bits per heavy atom. The van der Waals surface area contributed by atoms with Crippen molar-refractivity contribution < 1.29 is 19.0 Å². The SMILES string of the molecule is COCCCOCCOCCC(=O)Nc1cccc(N)c1. The van der Waals surface area contributed by atoms with Crippen LogP contribution in [0.2, 0.25) is 0 Å². The molecule has 0 atom stereocenters. The maximum atomic E-state index is 11.7. The molecule has 3 N–H and O–H groups in total. The number of hydrogen-bond donors (Lipinski definition) is 2. The average molecular weight is 296 g/mol. The van der Waals surface area contributed by atoms with Crippen LogP contribution in [-0.2, 0) is 19.0 Å². The van der Waals surface area contributed by atoms with Gasteiger partial charge in [0, 0.05) is 31.7 Å². The van der Waals surface area contributed by atoms with Crippen molar-refractivity contribution in [2.45, 2.75) is 12.8 Å². The van der Waals surface area contributed by atoms with E-state index in [1.807, 2.05) is 0 Å². The van der Waals surface area contributed by atoms with E-state index in [4.69, 9.17) is 19.9 Å². The van der Waals surface area contributed by atoms with Gasteiger partial charge in [-0.05, 0) is 24.6 Å². The summed E-state index contributed by atoms with van der Waals surface area (Å²) in [7, 11) is 1.66. The molecule has 118 valence electrons. The number of nitrogens with two attached hydrogens (primary N) is 1. The molecule has 0 aromatic heterocycles. The molecule has 0 aliphatic heterocycles. The van der Waals surface area contributed by atoms with Crippen molar-refractivity contribution in [3.63, 3.8) is 0 Å². The van der Waals surface area contributed by atoms with Crippen LogP contribution in [0.25, 0.3) is 0 Å². The molecular formula is C15H24N2O4. The second kappa shape index (κ2) is 11.1. The monoisotopic (exact) mass is 296 g/mol. The van der Waals surface area contributed by atoms with Crippen molar-refractivity contribution >= 4 is 17.3 Å². The highest BCUT2D eigenvalue weighted by atomic mass is 16.5. The number of rotatable bonds is 11. The standard InChI is InChI=1S/C15H24N2O4/c1-19-7-3-8-20-10-11-21-9-6-15(18)17-14-5-2-4-13(16)12-14/h2,4-5,12H,3,6-11,16H2,1H3,(H,17,18). The molecule has 1 rings (SSSR count). The van der Waals surface area contributed by atoms with E-state index in [1.54, 1.807) is 31.4 Å². The molecule has 0 aliphatic carbocycles. The Morgan fingerprint density at radius 3 is 2.62 bits per heavy atom. The van der Waals surface area contributed by atoms with E-state index in [0.717, 1.165) is 6.42 Å². The third kappa shape index (κ3) is 9.01. The number of anilines is 2. The van der Waals surface area contributed by atoms with Gasteiger partial charge in [0.2, 0.25) is 5.91 Å². The Kier molecular flexibility index (Phi) is 9.19. The number of carbonyl (C=O) groups is 1. The van der Waals surface area contributed by atoms with Crippen molar-refractivity contribution in [1.29, 1.82) is 0 Å². The maximum absolute atomic E-state index is 11.7. The molecule has 6 nitrogen and oxygen atoms in total. The number of nitrogens with one attached hydrogen (secondary N) is 1. The van der Waals surface area contributed by atoms with Crippen LogP contribution in [0.5, 0.6) is 0 Å². The molecule has 0 heterocycles. The van der Waals surface area contributed by atoms with Gasteiger partial charge in [0.25, 0.3) is 0 Å². The van der Waals surface area contributed by atoms with Crippen LogP contribution >= 0.6 is 0 Å². The smallest absolute Gasteiger partial charge is 0.226 e. The fourth-order valence-electron chi connectivity index (χ4n) is 1.63. The first-order chi connectivity index (χ1) is 10.2.